The number of hydrogen-bond donors (Lipinski definition) is 1. The van der Waals surface area contributed by atoms with Gasteiger partial charge in [-0.2, -0.15) is 13.2 Å². The second-order valence-corrected chi connectivity index (χ2v) is 4.74. The summed E-state index contributed by atoms with van der Waals surface area (Å²) in [4.78, 5) is 11.8. The van der Waals surface area contributed by atoms with Crippen molar-refractivity contribution < 1.29 is 18.0 Å². The summed E-state index contributed by atoms with van der Waals surface area (Å²) < 4.78 is 35.8. The minimum Gasteiger partial charge on any atom is -0.302 e. The second-order valence-electron chi connectivity index (χ2n) is 4.74. The first-order valence-corrected chi connectivity index (χ1v) is 6.24. The molecule has 1 N–H and O–H groups in total. The van der Waals surface area contributed by atoms with E-state index in [1.807, 2.05) is 6.92 Å². The van der Waals surface area contributed by atoms with Crippen LogP contribution in [0.3, 0.4) is 0 Å². The van der Waals surface area contributed by atoms with Crippen molar-refractivity contribution in [2.24, 2.45) is 11.8 Å². The van der Waals surface area contributed by atoms with Gasteiger partial charge < -0.3 is 5.32 Å². The Hall–Kier alpha value is -0.580. The van der Waals surface area contributed by atoms with E-state index in [-0.39, 0.29) is 18.2 Å². The molecule has 0 heterocycles. The molecule has 0 amide bonds. The van der Waals surface area contributed by atoms with Crippen LogP contribution in [0, 0.1) is 11.8 Å². The largest absolute Gasteiger partial charge is 0.401 e. The standard InChI is InChI=1S/C12H20F3NO/c1-2-9-5-3-4-6-10(9)11(17)7-16-8-12(13,14)15/h9-10,16H,2-8H2,1H3. The van der Waals surface area contributed by atoms with E-state index in [1.165, 1.54) is 0 Å². The Labute approximate surface area is 100.0 Å². The van der Waals surface area contributed by atoms with Gasteiger partial charge in [-0.25, -0.2) is 0 Å². The number of alkyl halides is 3. The van der Waals surface area contributed by atoms with Crippen LogP contribution in [0.4, 0.5) is 13.2 Å². The van der Waals surface area contributed by atoms with Crippen LogP contribution in [0.5, 0.6) is 0 Å². The highest BCUT2D eigenvalue weighted by Crippen LogP contribution is 2.32. The molecular formula is C12H20F3NO. The normalized spacial score (nSPS) is 25.9. The van der Waals surface area contributed by atoms with Crippen molar-refractivity contribution in [2.75, 3.05) is 13.1 Å². The number of ketones is 1. The molecule has 1 rings (SSSR count). The van der Waals surface area contributed by atoms with E-state index in [9.17, 15) is 18.0 Å². The van der Waals surface area contributed by atoms with Gasteiger partial charge in [-0.15, -0.1) is 0 Å². The van der Waals surface area contributed by atoms with Crippen molar-refractivity contribution in [1.29, 1.82) is 0 Å². The molecule has 2 nitrogen and oxygen atoms in total. The molecule has 0 saturated heterocycles. The first kappa shape index (κ1) is 14.5. The second kappa shape index (κ2) is 6.38. The summed E-state index contributed by atoms with van der Waals surface area (Å²) >= 11 is 0. The number of carbonyl (C=O) groups is 1. The molecule has 5 heteroatoms. The molecule has 1 aliphatic carbocycles. The van der Waals surface area contributed by atoms with Crippen LogP contribution in [0.2, 0.25) is 0 Å². The zero-order valence-corrected chi connectivity index (χ0v) is 10.1. The molecule has 2 atom stereocenters. The molecule has 0 aromatic heterocycles. The lowest BCUT2D eigenvalue weighted by atomic mass is 9.75. The maximum Gasteiger partial charge on any atom is 0.401 e. The van der Waals surface area contributed by atoms with E-state index < -0.39 is 12.7 Å². The Morgan fingerprint density at radius 1 is 1.29 bits per heavy atom. The van der Waals surface area contributed by atoms with E-state index in [0.29, 0.717) is 5.92 Å². The lowest BCUT2D eigenvalue weighted by Gasteiger charge is -2.29. The van der Waals surface area contributed by atoms with Gasteiger partial charge in [0.25, 0.3) is 0 Å². The molecule has 0 aromatic carbocycles. The minimum absolute atomic E-state index is 0.0329. The average Bonchev–Trinajstić information content (AvgIpc) is 2.27. The zero-order valence-electron chi connectivity index (χ0n) is 10.1. The number of hydrogen-bond acceptors (Lipinski definition) is 2. The van der Waals surface area contributed by atoms with Gasteiger partial charge in [-0.05, 0) is 18.8 Å². The highest BCUT2D eigenvalue weighted by atomic mass is 19.4. The van der Waals surface area contributed by atoms with Crippen molar-refractivity contribution in [3.63, 3.8) is 0 Å². The van der Waals surface area contributed by atoms with Gasteiger partial charge in [0.1, 0.15) is 5.78 Å². The lowest BCUT2D eigenvalue weighted by molar-refractivity contribution is -0.130. The molecule has 1 fully saturated rings. The van der Waals surface area contributed by atoms with Crippen LogP contribution in [0.15, 0.2) is 0 Å². The molecule has 0 aliphatic heterocycles. The molecule has 2 unspecified atom stereocenters. The Morgan fingerprint density at radius 2 is 1.94 bits per heavy atom. The molecule has 100 valence electrons. The van der Waals surface area contributed by atoms with Crippen molar-refractivity contribution in [3.05, 3.63) is 0 Å². The Morgan fingerprint density at radius 3 is 2.53 bits per heavy atom. The maximum absolute atomic E-state index is 11.9. The summed E-state index contributed by atoms with van der Waals surface area (Å²) in [5.41, 5.74) is 0. The predicted molar refractivity (Wildman–Crippen MR) is 59.7 cm³/mol. The number of nitrogens with one attached hydrogen (secondary N) is 1. The maximum atomic E-state index is 11.9. The highest BCUT2D eigenvalue weighted by Gasteiger charge is 2.31. The quantitative estimate of drug-likeness (QED) is 0.814. The van der Waals surface area contributed by atoms with Gasteiger partial charge in [0.15, 0.2) is 0 Å². The van der Waals surface area contributed by atoms with Gasteiger partial charge >= 0.3 is 6.18 Å². The molecule has 0 aromatic rings. The van der Waals surface area contributed by atoms with E-state index >= 15 is 0 Å². The fourth-order valence-corrected chi connectivity index (χ4v) is 2.58. The average molecular weight is 251 g/mol. The minimum atomic E-state index is -4.24. The summed E-state index contributed by atoms with van der Waals surface area (Å²) in [6.45, 7) is 0.808. The van der Waals surface area contributed by atoms with E-state index in [2.05, 4.69) is 5.32 Å². The lowest BCUT2D eigenvalue weighted by Crippen LogP contribution is -2.37. The topological polar surface area (TPSA) is 29.1 Å². The molecule has 17 heavy (non-hydrogen) atoms. The van der Waals surface area contributed by atoms with E-state index in [0.717, 1.165) is 32.1 Å². The molecule has 1 saturated carbocycles. The van der Waals surface area contributed by atoms with Crippen molar-refractivity contribution in [1.82, 2.24) is 5.32 Å². The van der Waals surface area contributed by atoms with Gasteiger partial charge in [-0.3, -0.25) is 4.79 Å². The highest BCUT2D eigenvalue weighted by molar-refractivity contribution is 5.83. The number of carbonyl (C=O) groups excluding carboxylic acids is 1. The smallest absolute Gasteiger partial charge is 0.302 e. The number of Topliss-reactive ketones (excluding diaryl/α,β-unsaturated/α-hetero) is 1. The van der Waals surface area contributed by atoms with Crippen LogP contribution in [0.25, 0.3) is 0 Å². The summed E-state index contributed by atoms with van der Waals surface area (Å²) in [5.74, 6) is 0.277. The molecule has 0 radical (unpaired) electrons. The van der Waals surface area contributed by atoms with E-state index in [4.69, 9.17) is 0 Å². The van der Waals surface area contributed by atoms with Gasteiger partial charge in [0.05, 0.1) is 13.1 Å². The van der Waals surface area contributed by atoms with Crippen molar-refractivity contribution in [2.45, 2.75) is 45.2 Å². The van der Waals surface area contributed by atoms with Crippen LogP contribution < -0.4 is 5.32 Å². The van der Waals surface area contributed by atoms with Crippen molar-refractivity contribution in [3.8, 4) is 0 Å². The fraction of sp³-hybridized carbons (Fsp3) is 0.917. The van der Waals surface area contributed by atoms with Gasteiger partial charge in [-0.1, -0.05) is 26.2 Å². The molecule has 0 bridgehead atoms. The van der Waals surface area contributed by atoms with Crippen LogP contribution in [-0.2, 0) is 4.79 Å². The van der Waals surface area contributed by atoms with Gasteiger partial charge in [0.2, 0.25) is 0 Å². The Kier molecular flexibility index (Phi) is 5.43. The third-order valence-electron chi connectivity index (χ3n) is 3.47. The first-order chi connectivity index (χ1) is 7.94. The number of rotatable bonds is 5. The summed E-state index contributed by atoms with van der Waals surface area (Å²) in [5, 5.41) is 2.19. The third kappa shape index (κ3) is 5.06. The molecule has 1 aliphatic rings. The third-order valence-corrected chi connectivity index (χ3v) is 3.47. The monoisotopic (exact) mass is 251 g/mol. The van der Waals surface area contributed by atoms with Gasteiger partial charge in [0, 0.05) is 5.92 Å². The molecular weight excluding hydrogens is 231 g/mol. The van der Waals surface area contributed by atoms with Crippen LogP contribution in [0.1, 0.15) is 39.0 Å². The summed E-state index contributed by atoms with van der Waals surface area (Å²) in [6.07, 6.45) is 0.730. The van der Waals surface area contributed by atoms with Crippen LogP contribution >= 0.6 is 0 Å². The van der Waals surface area contributed by atoms with Crippen molar-refractivity contribution >= 4 is 5.78 Å². The summed E-state index contributed by atoms with van der Waals surface area (Å²) in [7, 11) is 0. The predicted octanol–water partition coefficient (Wildman–Crippen LogP) is 2.92. The summed E-state index contributed by atoms with van der Waals surface area (Å²) in [6, 6.07) is 0. The van der Waals surface area contributed by atoms with Crippen LogP contribution in [-0.4, -0.2) is 25.0 Å². The zero-order chi connectivity index (χ0) is 12.9. The first-order valence-electron chi connectivity index (χ1n) is 6.24. The number of halogens is 3. The Bertz CT molecular complexity index is 253. The fourth-order valence-electron chi connectivity index (χ4n) is 2.58. The van der Waals surface area contributed by atoms with E-state index in [1.54, 1.807) is 0 Å². The molecule has 0 spiro atoms. The SMILES string of the molecule is CCC1CCCCC1C(=O)CNCC(F)(F)F. The Balaban J connectivity index is 2.35.